The third-order valence-electron chi connectivity index (χ3n) is 4.92. The van der Waals surface area contributed by atoms with E-state index in [0.717, 1.165) is 16.8 Å². The highest BCUT2D eigenvalue weighted by Gasteiger charge is 2.47. The van der Waals surface area contributed by atoms with Crippen LogP contribution in [0.4, 0.5) is 0 Å². The minimum Gasteiger partial charge on any atom is -0.386 e. The molecule has 0 spiro atoms. The van der Waals surface area contributed by atoms with Gasteiger partial charge >= 0.3 is 0 Å². The number of aliphatic hydroxyl groups is 1. The molecule has 1 aromatic heterocycles. The van der Waals surface area contributed by atoms with Crippen molar-refractivity contribution in [1.29, 1.82) is 0 Å². The first-order valence-corrected chi connectivity index (χ1v) is 9.54. The van der Waals surface area contributed by atoms with Gasteiger partial charge in [-0.05, 0) is 18.4 Å². The smallest absolute Gasteiger partial charge is 0.211 e. The van der Waals surface area contributed by atoms with Gasteiger partial charge in [-0.1, -0.05) is 24.3 Å². The Kier molecular flexibility index (Phi) is 3.16. The van der Waals surface area contributed by atoms with Gasteiger partial charge in [0.1, 0.15) is 5.60 Å². The molecule has 0 saturated carbocycles. The second kappa shape index (κ2) is 4.90. The summed E-state index contributed by atoms with van der Waals surface area (Å²) in [6, 6.07) is 7.63. The number of fused-ring (bicyclic) bond motifs is 3. The highest BCUT2D eigenvalue weighted by Crippen LogP contribution is 2.47. The minimum atomic E-state index is -3.32. The van der Waals surface area contributed by atoms with E-state index in [2.05, 4.69) is 4.98 Å². The highest BCUT2D eigenvalue weighted by molar-refractivity contribution is 7.88. The quantitative estimate of drug-likeness (QED) is 0.897. The Hall–Kier alpha value is -1.70. The largest absolute Gasteiger partial charge is 0.386 e. The summed E-state index contributed by atoms with van der Waals surface area (Å²) in [5.74, 6) is 0. The Morgan fingerprint density at radius 3 is 2.91 bits per heavy atom. The van der Waals surface area contributed by atoms with Gasteiger partial charge in [-0.15, -0.1) is 0 Å². The molecule has 4 rings (SSSR count). The lowest BCUT2D eigenvalue weighted by Gasteiger charge is -2.42. The maximum Gasteiger partial charge on any atom is 0.211 e. The molecule has 3 heterocycles. The van der Waals surface area contributed by atoms with Crippen LogP contribution in [0, 0.1) is 0 Å². The maximum atomic E-state index is 11.9. The van der Waals surface area contributed by atoms with Gasteiger partial charge in [0.05, 0.1) is 30.5 Å². The van der Waals surface area contributed by atoms with E-state index in [1.54, 1.807) is 12.5 Å². The highest BCUT2D eigenvalue weighted by atomic mass is 32.2. The number of piperidine rings is 1. The molecule has 0 radical (unpaired) electrons. The van der Waals surface area contributed by atoms with Crippen LogP contribution in [-0.2, 0) is 10.0 Å². The van der Waals surface area contributed by atoms with Crippen molar-refractivity contribution in [2.75, 3.05) is 19.3 Å². The van der Waals surface area contributed by atoms with Gasteiger partial charge in [-0.3, -0.25) is 0 Å². The molecule has 1 aromatic carbocycles. The van der Waals surface area contributed by atoms with E-state index in [-0.39, 0.29) is 12.6 Å². The van der Waals surface area contributed by atoms with Gasteiger partial charge in [0.15, 0.2) is 0 Å². The molecule has 0 amide bonds. The van der Waals surface area contributed by atoms with Crippen LogP contribution >= 0.6 is 0 Å². The molecule has 2 unspecified atom stereocenters. The van der Waals surface area contributed by atoms with Crippen molar-refractivity contribution in [3.63, 3.8) is 0 Å². The van der Waals surface area contributed by atoms with Gasteiger partial charge in [0.2, 0.25) is 10.0 Å². The van der Waals surface area contributed by atoms with Gasteiger partial charge in [-0.25, -0.2) is 13.4 Å². The molecule has 1 fully saturated rings. The van der Waals surface area contributed by atoms with Crippen LogP contribution in [0.15, 0.2) is 36.8 Å². The van der Waals surface area contributed by atoms with E-state index in [0.29, 0.717) is 19.4 Å². The summed E-state index contributed by atoms with van der Waals surface area (Å²) in [6.07, 6.45) is 5.92. The van der Waals surface area contributed by atoms with Crippen molar-refractivity contribution < 1.29 is 13.5 Å². The average Bonchev–Trinajstić information content (AvgIpc) is 3.06. The van der Waals surface area contributed by atoms with E-state index in [9.17, 15) is 13.5 Å². The zero-order valence-corrected chi connectivity index (χ0v) is 13.7. The zero-order valence-electron chi connectivity index (χ0n) is 12.9. The van der Waals surface area contributed by atoms with Crippen LogP contribution in [0.1, 0.15) is 24.4 Å². The average molecular weight is 333 g/mol. The van der Waals surface area contributed by atoms with Crippen LogP contribution in [0.3, 0.4) is 0 Å². The number of aromatic nitrogens is 2. The summed E-state index contributed by atoms with van der Waals surface area (Å²) in [5, 5.41) is 11.4. The fraction of sp³-hybridized carbons (Fsp3) is 0.438. The molecular formula is C16H19N3O3S. The number of β-amino-alcohol motifs (C(OH)–C–C–N with tert-alkyl or cyclic N) is 1. The molecule has 7 heteroatoms. The molecule has 1 saturated heterocycles. The Labute approximate surface area is 135 Å². The van der Waals surface area contributed by atoms with E-state index in [1.165, 1.54) is 10.6 Å². The molecule has 0 bridgehead atoms. The SMILES string of the molecule is CS(=O)(=O)N1CCCC(O)(C2c3ccccc3-c3cncn32)C1. The molecule has 1 N–H and O–H groups in total. The second-order valence-corrected chi connectivity index (χ2v) is 8.46. The first kappa shape index (κ1) is 14.9. The topological polar surface area (TPSA) is 75.4 Å². The monoisotopic (exact) mass is 333 g/mol. The summed E-state index contributed by atoms with van der Waals surface area (Å²) in [6.45, 7) is 0.578. The maximum absolute atomic E-state index is 11.9. The molecule has 2 aromatic rings. The van der Waals surface area contributed by atoms with E-state index < -0.39 is 15.6 Å². The molecule has 122 valence electrons. The summed E-state index contributed by atoms with van der Waals surface area (Å²) in [5.41, 5.74) is 1.92. The standard InChI is InChI=1S/C16H19N3O3S/c1-23(21,22)18-8-4-7-16(20,10-18)15-13-6-3-2-5-12(13)14-9-17-11-19(14)15/h2-3,5-6,9,11,15,20H,4,7-8,10H2,1H3. The summed E-state index contributed by atoms with van der Waals surface area (Å²) in [4.78, 5) is 4.21. The third kappa shape index (κ3) is 2.22. The number of hydrogen-bond donors (Lipinski definition) is 1. The van der Waals surface area contributed by atoms with Gasteiger partial charge in [0, 0.05) is 18.7 Å². The molecule has 0 aliphatic carbocycles. The van der Waals surface area contributed by atoms with Crippen LogP contribution in [-0.4, -0.2) is 52.3 Å². The van der Waals surface area contributed by atoms with E-state index >= 15 is 0 Å². The third-order valence-corrected chi connectivity index (χ3v) is 6.17. The van der Waals surface area contributed by atoms with Crippen LogP contribution in [0.5, 0.6) is 0 Å². The van der Waals surface area contributed by atoms with Crippen molar-refractivity contribution in [3.8, 4) is 11.3 Å². The lowest BCUT2D eigenvalue weighted by atomic mass is 9.82. The normalized spacial score (nSPS) is 27.7. The predicted octanol–water partition coefficient (Wildman–Crippen LogP) is 1.24. The first-order valence-electron chi connectivity index (χ1n) is 7.69. The minimum absolute atomic E-state index is 0.114. The lowest BCUT2D eigenvalue weighted by molar-refractivity contribution is -0.0372. The van der Waals surface area contributed by atoms with Crippen LogP contribution in [0.2, 0.25) is 0 Å². The number of nitrogens with zero attached hydrogens (tertiary/aromatic N) is 3. The Morgan fingerprint density at radius 1 is 1.35 bits per heavy atom. The molecule has 2 atom stereocenters. The van der Waals surface area contributed by atoms with Gasteiger partial charge in [0.25, 0.3) is 0 Å². The number of rotatable bonds is 2. The molecule has 23 heavy (non-hydrogen) atoms. The Balaban J connectivity index is 1.81. The van der Waals surface area contributed by atoms with Crippen molar-refractivity contribution in [2.24, 2.45) is 0 Å². The Bertz CT molecular complexity index is 861. The summed E-state index contributed by atoms with van der Waals surface area (Å²) < 4.78 is 27.2. The van der Waals surface area contributed by atoms with Crippen molar-refractivity contribution in [3.05, 3.63) is 42.4 Å². The van der Waals surface area contributed by atoms with E-state index in [4.69, 9.17) is 0 Å². The van der Waals surface area contributed by atoms with Gasteiger partial charge in [-0.2, -0.15) is 4.31 Å². The summed E-state index contributed by atoms with van der Waals surface area (Å²) in [7, 11) is -3.32. The Morgan fingerprint density at radius 2 is 2.13 bits per heavy atom. The van der Waals surface area contributed by atoms with Crippen molar-refractivity contribution in [2.45, 2.75) is 24.5 Å². The molecule has 2 aliphatic heterocycles. The summed E-state index contributed by atoms with van der Waals surface area (Å²) >= 11 is 0. The van der Waals surface area contributed by atoms with Crippen LogP contribution in [0.25, 0.3) is 11.3 Å². The van der Waals surface area contributed by atoms with Crippen LogP contribution < -0.4 is 0 Å². The van der Waals surface area contributed by atoms with E-state index in [1.807, 2.05) is 28.8 Å². The molecule has 2 aliphatic rings. The molecular weight excluding hydrogens is 314 g/mol. The number of hydrogen-bond acceptors (Lipinski definition) is 4. The number of benzene rings is 1. The van der Waals surface area contributed by atoms with Gasteiger partial charge < -0.3 is 9.67 Å². The second-order valence-electron chi connectivity index (χ2n) is 6.48. The molecule has 6 nitrogen and oxygen atoms in total. The first-order chi connectivity index (χ1) is 10.9. The van der Waals surface area contributed by atoms with Crippen molar-refractivity contribution >= 4 is 10.0 Å². The fourth-order valence-electron chi connectivity index (χ4n) is 3.92. The van der Waals surface area contributed by atoms with Crippen molar-refractivity contribution in [1.82, 2.24) is 13.9 Å². The predicted molar refractivity (Wildman–Crippen MR) is 86.4 cm³/mol. The number of sulfonamides is 1. The fourth-order valence-corrected chi connectivity index (χ4v) is 4.84. The zero-order chi connectivity index (χ0) is 16.2. The number of imidazole rings is 1. The lowest BCUT2D eigenvalue weighted by Crippen LogP contribution is -2.54.